The molecule has 0 bridgehead atoms. The standard InChI is InChI=1S/C16H14ClFN2O2/c17-13-2-1-3-14(18)15(13)11-5-12(11)16(22)20-7-9-4-10(21)8-19-6-9/h1-4,6,8,11-12,21H,5,7H2,(H,20,22)/t11-,12-/m0/s1. The van der Waals surface area contributed by atoms with Crippen molar-refractivity contribution in [2.75, 3.05) is 0 Å². The van der Waals surface area contributed by atoms with Crippen LogP contribution in [0, 0.1) is 11.7 Å². The minimum absolute atomic E-state index is 0.0502. The SMILES string of the molecule is O=C(NCc1cncc(O)c1)[C@H]1C[C@@H]1c1c(F)cccc1Cl. The molecule has 0 spiro atoms. The van der Waals surface area contributed by atoms with Crippen molar-refractivity contribution < 1.29 is 14.3 Å². The van der Waals surface area contributed by atoms with Crippen molar-refractivity contribution >= 4 is 17.5 Å². The van der Waals surface area contributed by atoms with Crippen molar-refractivity contribution in [3.8, 4) is 5.75 Å². The molecule has 0 radical (unpaired) electrons. The second kappa shape index (κ2) is 5.93. The molecule has 22 heavy (non-hydrogen) atoms. The molecule has 114 valence electrons. The molecule has 2 atom stereocenters. The highest BCUT2D eigenvalue weighted by Crippen LogP contribution is 2.50. The third-order valence-electron chi connectivity index (χ3n) is 3.74. The molecule has 0 unspecified atom stereocenters. The van der Waals surface area contributed by atoms with Gasteiger partial charge in [0.25, 0.3) is 0 Å². The van der Waals surface area contributed by atoms with Crippen LogP contribution in [0.25, 0.3) is 0 Å². The number of aromatic hydroxyl groups is 1. The fourth-order valence-electron chi connectivity index (χ4n) is 2.56. The van der Waals surface area contributed by atoms with Crippen LogP contribution in [0.1, 0.15) is 23.5 Å². The van der Waals surface area contributed by atoms with Gasteiger partial charge >= 0.3 is 0 Å². The van der Waals surface area contributed by atoms with Gasteiger partial charge in [-0.2, -0.15) is 0 Å². The van der Waals surface area contributed by atoms with Gasteiger partial charge < -0.3 is 10.4 Å². The lowest BCUT2D eigenvalue weighted by atomic mass is 10.1. The molecular weight excluding hydrogens is 307 g/mol. The maximum Gasteiger partial charge on any atom is 0.224 e. The van der Waals surface area contributed by atoms with Crippen LogP contribution >= 0.6 is 11.6 Å². The van der Waals surface area contributed by atoms with Crippen LogP contribution in [0.15, 0.2) is 36.7 Å². The number of halogens is 2. The molecule has 1 fully saturated rings. The number of benzene rings is 1. The van der Waals surface area contributed by atoms with E-state index in [-0.39, 0.29) is 35.9 Å². The van der Waals surface area contributed by atoms with Gasteiger partial charge in [0.05, 0.1) is 6.20 Å². The number of hydrogen-bond acceptors (Lipinski definition) is 3. The lowest BCUT2D eigenvalue weighted by Crippen LogP contribution is -2.25. The lowest BCUT2D eigenvalue weighted by molar-refractivity contribution is -0.122. The van der Waals surface area contributed by atoms with Crippen LogP contribution in [0.2, 0.25) is 5.02 Å². The predicted molar refractivity (Wildman–Crippen MR) is 80.0 cm³/mol. The van der Waals surface area contributed by atoms with Gasteiger partial charge in [0, 0.05) is 35.2 Å². The van der Waals surface area contributed by atoms with E-state index in [1.165, 1.54) is 18.3 Å². The maximum absolute atomic E-state index is 13.8. The highest BCUT2D eigenvalue weighted by atomic mass is 35.5. The Morgan fingerprint density at radius 2 is 2.27 bits per heavy atom. The van der Waals surface area contributed by atoms with Crippen molar-refractivity contribution in [2.24, 2.45) is 5.92 Å². The van der Waals surface area contributed by atoms with Crippen molar-refractivity contribution in [1.29, 1.82) is 0 Å². The molecule has 1 aromatic carbocycles. The van der Waals surface area contributed by atoms with Gasteiger partial charge in [-0.3, -0.25) is 9.78 Å². The molecule has 1 amide bonds. The fraction of sp³-hybridized carbons (Fsp3) is 0.250. The lowest BCUT2D eigenvalue weighted by Gasteiger charge is -2.07. The number of carbonyl (C=O) groups is 1. The van der Waals surface area contributed by atoms with Gasteiger partial charge in [-0.25, -0.2) is 4.39 Å². The summed E-state index contributed by atoms with van der Waals surface area (Å²) >= 11 is 6.02. The number of carbonyl (C=O) groups excluding carboxylic acids is 1. The molecule has 4 nitrogen and oxygen atoms in total. The number of rotatable bonds is 4. The summed E-state index contributed by atoms with van der Waals surface area (Å²) in [6, 6.07) is 6.07. The number of nitrogens with one attached hydrogen (secondary N) is 1. The molecule has 1 saturated carbocycles. The Hall–Kier alpha value is -2.14. The number of nitrogens with zero attached hydrogens (tertiary/aromatic N) is 1. The van der Waals surface area contributed by atoms with Gasteiger partial charge in [0.1, 0.15) is 11.6 Å². The van der Waals surface area contributed by atoms with E-state index in [1.54, 1.807) is 18.3 Å². The Morgan fingerprint density at radius 1 is 1.45 bits per heavy atom. The number of pyridine rings is 1. The summed E-state index contributed by atoms with van der Waals surface area (Å²) in [5.41, 5.74) is 1.12. The molecule has 3 rings (SSSR count). The van der Waals surface area contributed by atoms with E-state index in [2.05, 4.69) is 10.3 Å². The normalized spacial score (nSPS) is 19.7. The number of aromatic nitrogens is 1. The fourth-order valence-corrected chi connectivity index (χ4v) is 2.86. The first-order valence-electron chi connectivity index (χ1n) is 6.91. The van der Waals surface area contributed by atoms with Crippen LogP contribution in [0.3, 0.4) is 0 Å². The minimum atomic E-state index is -0.370. The Morgan fingerprint density at radius 3 is 3.00 bits per heavy atom. The third kappa shape index (κ3) is 3.04. The monoisotopic (exact) mass is 320 g/mol. The average molecular weight is 321 g/mol. The van der Waals surface area contributed by atoms with Crippen LogP contribution in [0.5, 0.6) is 5.75 Å². The van der Waals surface area contributed by atoms with E-state index >= 15 is 0 Å². The summed E-state index contributed by atoms with van der Waals surface area (Å²) in [7, 11) is 0. The first kappa shape index (κ1) is 14.8. The molecule has 1 aliphatic carbocycles. The molecule has 2 N–H and O–H groups in total. The summed E-state index contributed by atoms with van der Waals surface area (Å²) in [5.74, 6) is -0.900. The summed E-state index contributed by atoms with van der Waals surface area (Å²) in [4.78, 5) is 16.0. The third-order valence-corrected chi connectivity index (χ3v) is 4.07. The first-order valence-corrected chi connectivity index (χ1v) is 7.28. The van der Waals surface area contributed by atoms with Gasteiger partial charge in [0.2, 0.25) is 5.91 Å². The zero-order chi connectivity index (χ0) is 15.7. The van der Waals surface area contributed by atoms with Crippen LogP contribution in [-0.4, -0.2) is 16.0 Å². The first-order chi connectivity index (χ1) is 10.6. The van der Waals surface area contributed by atoms with Gasteiger partial charge in [-0.15, -0.1) is 0 Å². The predicted octanol–water partition coefficient (Wildman–Crippen LogP) is 3.00. The smallest absolute Gasteiger partial charge is 0.224 e. The molecule has 1 aliphatic rings. The summed E-state index contributed by atoms with van der Waals surface area (Å²) in [5, 5.41) is 12.5. The van der Waals surface area contributed by atoms with Crippen LogP contribution in [-0.2, 0) is 11.3 Å². The molecule has 1 heterocycles. The highest BCUT2D eigenvalue weighted by molar-refractivity contribution is 6.31. The van der Waals surface area contributed by atoms with Crippen molar-refractivity contribution in [2.45, 2.75) is 18.9 Å². The molecule has 0 aliphatic heterocycles. The van der Waals surface area contributed by atoms with Crippen molar-refractivity contribution in [3.05, 3.63) is 58.6 Å². The molecule has 2 aromatic rings. The molecular formula is C16H14ClFN2O2. The molecule has 0 saturated heterocycles. The van der Waals surface area contributed by atoms with E-state index < -0.39 is 0 Å². The summed E-state index contributed by atoms with van der Waals surface area (Å²) in [6.07, 6.45) is 3.48. The van der Waals surface area contributed by atoms with E-state index in [1.807, 2.05) is 0 Å². The van der Waals surface area contributed by atoms with Crippen LogP contribution < -0.4 is 5.32 Å². The largest absolute Gasteiger partial charge is 0.506 e. The van der Waals surface area contributed by atoms with Gasteiger partial charge in [0.15, 0.2) is 0 Å². The number of hydrogen-bond donors (Lipinski definition) is 2. The summed E-state index contributed by atoms with van der Waals surface area (Å²) < 4.78 is 13.8. The van der Waals surface area contributed by atoms with E-state index in [0.29, 0.717) is 22.6 Å². The Labute approximate surface area is 132 Å². The van der Waals surface area contributed by atoms with Gasteiger partial charge in [-0.1, -0.05) is 17.7 Å². The quantitative estimate of drug-likeness (QED) is 0.910. The van der Waals surface area contributed by atoms with E-state index in [0.717, 1.165) is 0 Å². The van der Waals surface area contributed by atoms with Crippen molar-refractivity contribution in [3.63, 3.8) is 0 Å². The Kier molecular flexibility index (Phi) is 3.98. The second-order valence-corrected chi connectivity index (χ2v) is 5.76. The van der Waals surface area contributed by atoms with Crippen LogP contribution in [0.4, 0.5) is 4.39 Å². The minimum Gasteiger partial charge on any atom is -0.506 e. The summed E-state index contributed by atoms with van der Waals surface area (Å²) in [6.45, 7) is 0.272. The van der Waals surface area contributed by atoms with E-state index in [4.69, 9.17) is 11.6 Å². The topological polar surface area (TPSA) is 62.2 Å². The average Bonchev–Trinajstić information content (AvgIpc) is 3.25. The highest BCUT2D eigenvalue weighted by Gasteiger charge is 2.46. The van der Waals surface area contributed by atoms with Gasteiger partial charge in [-0.05, 0) is 30.2 Å². The molecule has 6 heteroatoms. The Bertz CT molecular complexity index is 703. The molecule has 1 aromatic heterocycles. The zero-order valence-corrected chi connectivity index (χ0v) is 12.3. The second-order valence-electron chi connectivity index (χ2n) is 5.35. The maximum atomic E-state index is 13.8. The van der Waals surface area contributed by atoms with E-state index in [9.17, 15) is 14.3 Å². The van der Waals surface area contributed by atoms with Crippen molar-refractivity contribution in [1.82, 2.24) is 10.3 Å². The zero-order valence-electron chi connectivity index (χ0n) is 11.6. The number of amides is 1. The Balaban J connectivity index is 1.61.